The highest BCUT2D eigenvalue weighted by atomic mass is 35.5. The molecule has 0 unspecified atom stereocenters. The van der Waals surface area contributed by atoms with Gasteiger partial charge >= 0.3 is 0 Å². The van der Waals surface area contributed by atoms with E-state index in [1.54, 1.807) is 0 Å². The van der Waals surface area contributed by atoms with Crippen molar-refractivity contribution in [1.29, 1.82) is 0 Å². The van der Waals surface area contributed by atoms with Gasteiger partial charge in [-0.1, -0.05) is 18.0 Å². The summed E-state index contributed by atoms with van der Waals surface area (Å²) in [5, 5.41) is 2.89. The molecule has 0 spiro atoms. The number of nitrogens with zero attached hydrogens (tertiary/aromatic N) is 2. The van der Waals surface area contributed by atoms with Crippen molar-refractivity contribution in [3.63, 3.8) is 0 Å². The second-order valence-electron chi connectivity index (χ2n) is 4.30. The summed E-state index contributed by atoms with van der Waals surface area (Å²) in [6.07, 6.45) is 5.63. The number of halogens is 1. The van der Waals surface area contributed by atoms with E-state index in [2.05, 4.69) is 21.5 Å². The minimum Gasteiger partial charge on any atom is -0.258 e. The number of pyridine rings is 1. The van der Waals surface area contributed by atoms with Crippen LogP contribution in [0.15, 0.2) is 12.3 Å². The van der Waals surface area contributed by atoms with Crippen molar-refractivity contribution >= 4 is 11.6 Å². The Hall–Kier alpha value is -0.640. The van der Waals surface area contributed by atoms with Crippen molar-refractivity contribution in [1.82, 2.24) is 15.4 Å². The number of aromatic nitrogens is 1. The summed E-state index contributed by atoms with van der Waals surface area (Å²) in [6.45, 7) is 3.11. The molecule has 0 radical (unpaired) electrons. The van der Waals surface area contributed by atoms with E-state index in [-0.39, 0.29) is 0 Å². The molecule has 1 aromatic rings. The molecular formula is C12H18ClN3. The lowest BCUT2D eigenvalue weighted by atomic mass is 9.97. The molecule has 0 aliphatic carbocycles. The summed E-state index contributed by atoms with van der Waals surface area (Å²) in [5.41, 5.74) is 5.58. The summed E-state index contributed by atoms with van der Waals surface area (Å²) in [7, 11) is 1.98. The van der Waals surface area contributed by atoms with Crippen LogP contribution in [-0.2, 0) is 0 Å². The van der Waals surface area contributed by atoms with Crippen LogP contribution in [0, 0.1) is 6.92 Å². The van der Waals surface area contributed by atoms with Gasteiger partial charge in [0.2, 0.25) is 0 Å². The summed E-state index contributed by atoms with van der Waals surface area (Å²) >= 11 is 5.95. The van der Waals surface area contributed by atoms with Crippen molar-refractivity contribution in [2.75, 3.05) is 13.6 Å². The van der Waals surface area contributed by atoms with E-state index >= 15 is 0 Å². The first-order valence-electron chi connectivity index (χ1n) is 5.78. The third-order valence-corrected chi connectivity index (χ3v) is 3.61. The van der Waals surface area contributed by atoms with Gasteiger partial charge in [0.25, 0.3) is 0 Å². The second-order valence-corrected chi connectivity index (χ2v) is 4.66. The third kappa shape index (κ3) is 2.37. The van der Waals surface area contributed by atoms with Gasteiger partial charge in [-0.2, -0.15) is 0 Å². The first-order valence-corrected chi connectivity index (χ1v) is 6.16. The van der Waals surface area contributed by atoms with E-state index in [9.17, 15) is 0 Å². The molecule has 1 N–H and O–H groups in total. The van der Waals surface area contributed by atoms with Gasteiger partial charge in [0, 0.05) is 12.7 Å². The van der Waals surface area contributed by atoms with Crippen LogP contribution in [0.4, 0.5) is 0 Å². The number of hydrogen-bond acceptors (Lipinski definition) is 3. The minimum atomic E-state index is 0.433. The van der Waals surface area contributed by atoms with Crippen LogP contribution >= 0.6 is 11.6 Å². The van der Waals surface area contributed by atoms with Gasteiger partial charge < -0.3 is 0 Å². The van der Waals surface area contributed by atoms with E-state index in [0.29, 0.717) is 11.2 Å². The fraction of sp³-hybridized carbons (Fsp3) is 0.583. The highest BCUT2D eigenvalue weighted by Gasteiger charge is 2.23. The fourth-order valence-electron chi connectivity index (χ4n) is 2.31. The predicted octanol–water partition coefficient (Wildman–Crippen LogP) is 2.70. The zero-order valence-electron chi connectivity index (χ0n) is 9.83. The van der Waals surface area contributed by atoms with Gasteiger partial charge in [-0.05, 0) is 44.0 Å². The number of aryl methyl sites for hydroxylation is 1. The number of piperidine rings is 1. The normalized spacial score (nSPS) is 22.3. The summed E-state index contributed by atoms with van der Waals surface area (Å²) in [5.74, 6) is 0. The van der Waals surface area contributed by atoms with E-state index in [1.165, 1.54) is 24.8 Å². The quantitative estimate of drug-likeness (QED) is 0.805. The topological polar surface area (TPSA) is 28.2 Å². The van der Waals surface area contributed by atoms with E-state index < -0.39 is 0 Å². The molecule has 0 amide bonds. The molecule has 0 aromatic carbocycles. The average molecular weight is 240 g/mol. The molecule has 0 bridgehead atoms. The Bertz CT molecular complexity index is 367. The van der Waals surface area contributed by atoms with Gasteiger partial charge in [0.1, 0.15) is 5.15 Å². The molecule has 16 heavy (non-hydrogen) atoms. The summed E-state index contributed by atoms with van der Waals surface area (Å²) < 4.78 is 0. The molecule has 0 saturated carbocycles. The minimum absolute atomic E-state index is 0.433. The fourth-order valence-corrected chi connectivity index (χ4v) is 2.41. The monoisotopic (exact) mass is 239 g/mol. The van der Waals surface area contributed by atoms with Crippen molar-refractivity contribution in [3.8, 4) is 0 Å². The Morgan fingerprint density at radius 3 is 3.00 bits per heavy atom. The zero-order chi connectivity index (χ0) is 11.5. The Balaban J connectivity index is 2.23. The van der Waals surface area contributed by atoms with Gasteiger partial charge in [-0.15, -0.1) is 0 Å². The largest absolute Gasteiger partial charge is 0.258 e. The third-order valence-electron chi connectivity index (χ3n) is 3.21. The Kier molecular flexibility index (Phi) is 3.79. The van der Waals surface area contributed by atoms with E-state index in [1.807, 2.05) is 20.2 Å². The predicted molar refractivity (Wildman–Crippen MR) is 66.3 cm³/mol. The number of hydrogen-bond donors (Lipinski definition) is 1. The first kappa shape index (κ1) is 11.8. The summed E-state index contributed by atoms with van der Waals surface area (Å²) in [6, 6.07) is 2.58. The highest BCUT2D eigenvalue weighted by molar-refractivity contribution is 6.30. The average Bonchev–Trinajstić information content (AvgIpc) is 2.32. The molecule has 2 rings (SSSR count). The van der Waals surface area contributed by atoms with Gasteiger partial charge in [0.05, 0.1) is 6.04 Å². The van der Waals surface area contributed by atoms with Gasteiger partial charge in [0.15, 0.2) is 0 Å². The molecule has 1 atom stereocenters. The maximum absolute atomic E-state index is 5.95. The molecule has 88 valence electrons. The Morgan fingerprint density at radius 1 is 1.50 bits per heavy atom. The Labute approximate surface area is 102 Å². The molecule has 1 fully saturated rings. The van der Waals surface area contributed by atoms with Crippen molar-refractivity contribution in [2.45, 2.75) is 32.2 Å². The standard InChI is InChI=1S/C12H18ClN3/c1-9-7-10(8-15-12(9)13)11-5-3-4-6-16(11)14-2/h7-8,11,14H,3-6H2,1-2H3/t11-/m1/s1. The zero-order valence-corrected chi connectivity index (χ0v) is 10.6. The maximum Gasteiger partial charge on any atom is 0.131 e. The lowest BCUT2D eigenvalue weighted by Gasteiger charge is -2.35. The number of nitrogens with one attached hydrogen (secondary N) is 1. The van der Waals surface area contributed by atoms with Crippen molar-refractivity contribution < 1.29 is 0 Å². The smallest absolute Gasteiger partial charge is 0.131 e. The van der Waals surface area contributed by atoms with Crippen LogP contribution in [0.5, 0.6) is 0 Å². The van der Waals surface area contributed by atoms with Crippen LogP contribution in [-0.4, -0.2) is 23.6 Å². The lowest BCUT2D eigenvalue weighted by molar-refractivity contribution is 0.0982. The van der Waals surface area contributed by atoms with Crippen molar-refractivity contribution in [2.24, 2.45) is 0 Å². The van der Waals surface area contributed by atoms with Crippen LogP contribution in [0.1, 0.15) is 36.4 Å². The maximum atomic E-state index is 5.95. The lowest BCUT2D eigenvalue weighted by Crippen LogP contribution is -2.41. The molecule has 1 aromatic heterocycles. The van der Waals surface area contributed by atoms with Gasteiger partial charge in [-0.25, -0.2) is 9.99 Å². The van der Waals surface area contributed by atoms with Crippen LogP contribution in [0.3, 0.4) is 0 Å². The first-order chi connectivity index (χ1) is 7.72. The number of hydrazine groups is 1. The molecule has 2 heterocycles. The van der Waals surface area contributed by atoms with E-state index in [4.69, 9.17) is 11.6 Å². The molecule has 4 heteroatoms. The van der Waals surface area contributed by atoms with Crippen LogP contribution in [0.2, 0.25) is 5.15 Å². The molecule has 3 nitrogen and oxygen atoms in total. The Morgan fingerprint density at radius 2 is 2.31 bits per heavy atom. The summed E-state index contributed by atoms with van der Waals surface area (Å²) in [4.78, 5) is 4.23. The van der Waals surface area contributed by atoms with E-state index in [0.717, 1.165) is 12.1 Å². The second kappa shape index (κ2) is 5.13. The SMILES string of the molecule is CNN1CCCC[C@@H]1c1cnc(Cl)c(C)c1. The molecule has 1 saturated heterocycles. The van der Waals surface area contributed by atoms with Gasteiger partial charge in [-0.3, -0.25) is 5.43 Å². The van der Waals surface area contributed by atoms with Crippen LogP contribution < -0.4 is 5.43 Å². The molecular weight excluding hydrogens is 222 g/mol. The van der Waals surface area contributed by atoms with Crippen LogP contribution in [0.25, 0.3) is 0 Å². The van der Waals surface area contributed by atoms with Crippen molar-refractivity contribution in [3.05, 3.63) is 28.5 Å². The number of rotatable bonds is 2. The molecule has 1 aliphatic rings. The molecule has 1 aliphatic heterocycles. The highest BCUT2D eigenvalue weighted by Crippen LogP contribution is 2.30.